The molecule has 2 aromatic rings. The number of aliphatic hydroxyl groups is 1. The molecule has 212 valence electrons. The number of hydrogen-bond acceptors (Lipinski definition) is 8. The second-order valence-corrected chi connectivity index (χ2v) is 9.62. The summed E-state index contributed by atoms with van der Waals surface area (Å²) in [6.45, 7) is 5.27. The van der Waals surface area contributed by atoms with Crippen LogP contribution in [0.1, 0.15) is 50.8 Å². The SMILES string of the molecule is CCC(C)C(Nc1ccc2c(cc1=O)C(NC(C)=O)CCc1cc(OC)c(OC)c(OC)c1-2)C(=O)NCCO. The lowest BCUT2D eigenvalue weighted by molar-refractivity contribution is -0.123. The van der Waals surface area contributed by atoms with Gasteiger partial charge in [-0.05, 0) is 53.6 Å². The van der Waals surface area contributed by atoms with E-state index in [1.54, 1.807) is 20.3 Å². The molecular formula is C29H39N3O7. The van der Waals surface area contributed by atoms with Crippen molar-refractivity contribution >= 4 is 17.5 Å². The first-order valence-electron chi connectivity index (χ1n) is 13.1. The van der Waals surface area contributed by atoms with E-state index in [1.807, 2.05) is 26.0 Å². The van der Waals surface area contributed by atoms with Gasteiger partial charge in [-0.2, -0.15) is 0 Å². The third-order valence-corrected chi connectivity index (χ3v) is 7.13. The lowest BCUT2D eigenvalue weighted by Crippen LogP contribution is -2.45. The van der Waals surface area contributed by atoms with E-state index in [0.717, 1.165) is 11.1 Å². The van der Waals surface area contributed by atoms with Crippen LogP contribution in [0.25, 0.3) is 11.1 Å². The van der Waals surface area contributed by atoms with Gasteiger partial charge in [0.05, 0.1) is 39.7 Å². The topological polar surface area (TPSA) is 135 Å². The molecule has 2 aromatic carbocycles. The quantitative estimate of drug-likeness (QED) is 0.341. The lowest BCUT2D eigenvalue weighted by Gasteiger charge is -2.23. The van der Waals surface area contributed by atoms with Gasteiger partial charge in [-0.3, -0.25) is 14.4 Å². The molecule has 1 aliphatic rings. The zero-order chi connectivity index (χ0) is 28.7. The molecule has 0 fully saturated rings. The number of fused-ring (bicyclic) bond motifs is 3. The maximum absolute atomic E-state index is 13.6. The van der Waals surface area contributed by atoms with Crippen molar-refractivity contribution in [2.45, 2.75) is 52.1 Å². The number of methoxy groups -OCH3 is 3. The van der Waals surface area contributed by atoms with Gasteiger partial charge in [0, 0.05) is 19.0 Å². The number of aryl methyl sites for hydroxylation is 1. The highest BCUT2D eigenvalue weighted by atomic mass is 16.5. The summed E-state index contributed by atoms with van der Waals surface area (Å²) in [6, 6.07) is 5.76. The van der Waals surface area contributed by atoms with Crippen LogP contribution in [0.3, 0.4) is 0 Å². The summed E-state index contributed by atoms with van der Waals surface area (Å²) >= 11 is 0. The fourth-order valence-electron chi connectivity index (χ4n) is 4.99. The number of hydrogen-bond donors (Lipinski definition) is 4. The summed E-state index contributed by atoms with van der Waals surface area (Å²) in [5.74, 6) is 0.804. The normalized spacial score (nSPS) is 15.5. The highest BCUT2D eigenvalue weighted by Gasteiger charge is 2.30. The number of nitrogens with one attached hydrogen (secondary N) is 3. The van der Waals surface area contributed by atoms with E-state index in [9.17, 15) is 14.4 Å². The predicted octanol–water partition coefficient (Wildman–Crippen LogP) is 2.80. The number of benzene rings is 1. The van der Waals surface area contributed by atoms with Crippen LogP contribution < -0.4 is 35.6 Å². The number of anilines is 1. The van der Waals surface area contributed by atoms with E-state index in [2.05, 4.69) is 16.0 Å². The van der Waals surface area contributed by atoms with E-state index in [0.29, 0.717) is 47.6 Å². The third kappa shape index (κ3) is 6.44. The zero-order valence-corrected chi connectivity index (χ0v) is 23.5. The van der Waals surface area contributed by atoms with Crippen molar-refractivity contribution in [3.8, 4) is 28.4 Å². The molecule has 10 nitrogen and oxygen atoms in total. The maximum Gasteiger partial charge on any atom is 0.242 e. The van der Waals surface area contributed by atoms with Crippen molar-refractivity contribution in [3.05, 3.63) is 45.6 Å². The summed E-state index contributed by atoms with van der Waals surface area (Å²) in [6.07, 6.45) is 1.84. The fourth-order valence-corrected chi connectivity index (χ4v) is 4.99. The summed E-state index contributed by atoms with van der Waals surface area (Å²) in [5, 5.41) is 18.0. The second kappa shape index (κ2) is 13.3. The maximum atomic E-state index is 13.6. The minimum atomic E-state index is -0.686. The Hall–Kier alpha value is -3.79. The molecule has 0 bridgehead atoms. The van der Waals surface area contributed by atoms with Gasteiger partial charge >= 0.3 is 0 Å². The van der Waals surface area contributed by atoms with Crippen molar-refractivity contribution in [3.63, 3.8) is 0 Å². The molecule has 3 rings (SSSR count). The number of rotatable bonds is 11. The number of carbonyl (C=O) groups excluding carboxylic acids is 2. The largest absolute Gasteiger partial charge is 0.493 e. The number of carbonyl (C=O) groups is 2. The van der Waals surface area contributed by atoms with Gasteiger partial charge in [-0.25, -0.2) is 0 Å². The first-order valence-corrected chi connectivity index (χ1v) is 13.1. The van der Waals surface area contributed by atoms with Crippen LogP contribution in [0.4, 0.5) is 5.69 Å². The molecule has 2 amide bonds. The smallest absolute Gasteiger partial charge is 0.242 e. The van der Waals surface area contributed by atoms with Crippen LogP contribution in [-0.4, -0.2) is 57.4 Å². The molecule has 10 heteroatoms. The molecule has 4 N–H and O–H groups in total. The molecule has 1 aliphatic carbocycles. The number of aliphatic hydroxyl groups excluding tert-OH is 1. The number of amides is 2. The van der Waals surface area contributed by atoms with Crippen molar-refractivity contribution in [2.75, 3.05) is 39.8 Å². The van der Waals surface area contributed by atoms with E-state index in [1.165, 1.54) is 20.1 Å². The second-order valence-electron chi connectivity index (χ2n) is 9.62. The number of ether oxygens (including phenoxy) is 3. The van der Waals surface area contributed by atoms with Gasteiger partial charge in [0.15, 0.2) is 11.5 Å². The van der Waals surface area contributed by atoms with Crippen LogP contribution in [0.5, 0.6) is 17.2 Å². The molecule has 0 radical (unpaired) electrons. The molecule has 3 unspecified atom stereocenters. The van der Waals surface area contributed by atoms with Crippen molar-refractivity contribution in [1.82, 2.24) is 10.6 Å². The van der Waals surface area contributed by atoms with Crippen LogP contribution in [0, 0.1) is 5.92 Å². The van der Waals surface area contributed by atoms with Gasteiger partial charge in [0.1, 0.15) is 6.04 Å². The van der Waals surface area contributed by atoms with E-state index in [4.69, 9.17) is 19.3 Å². The zero-order valence-electron chi connectivity index (χ0n) is 23.5. The Morgan fingerprint density at radius 2 is 1.82 bits per heavy atom. The van der Waals surface area contributed by atoms with Gasteiger partial charge in [0.2, 0.25) is 23.0 Å². The van der Waals surface area contributed by atoms with E-state index in [-0.39, 0.29) is 42.0 Å². The fraction of sp³-hybridized carbons (Fsp3) is 0.483. The molecular weight excluding hydrogens is 502 g/mol. The molecule has 3 atom stereocenters. The van der Waals surface area contributed by atoms with Gasteiger partial charge in [-0.15, -0.1) is 0 Å². The monoisotopic (exact) mass is 541 g/mol. The standard InChI is InChI=1S/C29H39N3O7/c1-7-16(2)26(29(36)30-12-13-33)32-22-11-9-19-20(15-23(22)35)21(31-17(3)34)10-8-18-14-24(37-4)27(38-5)28(39-6)25(18)19/h9,11,14-16,21,26,33H,7-8,10,12-13H2,1-6H3,(H,30,36)(H,31,34)(H,32,35). The highest BCUT2D eigenvalue weighted by Crippen LogP contribution is 2.50. The average Bonchev–Trinajstić information content (AvgIpc) is 3.17. The van der Waals surface area contributed by atoms with Crippen LogP contribution in [0.2, 0.25) is 0 Å². The molecule has 0 heterocycles. The first kappa shape index (κ1) is 29.8. The Kier molecular flexibility index (Phi) is 10.2. The van der Waals surface area contributed by atoms with E-state index >= 15 is 0 Å². The van der Waals surface area contributed by atoms with Gasteiger partial charge in [-0.1, -0.05) is 26.3 Å². The average molecular weight is 542 g/mol. The van der Waals surface area contributed by atoms with Crippen molar-refractivity contribution < 1.29 is 28.9 Å². The summed E-state index contributed by atoms with van der Waals surface area (Å²) in [5.41, 5.74) is 2.94. The molecule has 0 saturated heterocycles. The Morgan fingerprint density at radius 3 is 2.41 bits per heavy atom. The lowest BCUT2D eigenvalue weighted by atomic mass is 9.95. The minimum Gasteiger partial charge on any atom is -0.493 e. The Labute approximate surface area is 229 Å². The minimum absolute atomic E-state index is 0.0869. The third-order valence-electron chi connectivity index (χ3n) is 7.13. The van der Waals surface area contributed by atoms with Crippen molar-refractivity contribution in [2.24, 2.45) is 5.92 Å². The molecule has 0 spiro atoms. The van der Waals surface area contributed by atoms with Gasteiger partial charge < -0.3 is 35.3 Å². The van der Waals surface area contributed by atoms with Crippen LogP contribution in [-0.2, 0) is 16.0 Å². The predicted molar refractivity (Wildman–Crippen MR) is 150 cm³/mol. The van der Waals surface area contributed by atoms with E-state index < -0.39 is 12.1 Å². The Bertz CT molecular complexity index is 1260. The van der Waals surface area contributed by atoms with Crippen LogP contribution in [0.15, 0.2) is 29.1 Å². The molecule has 0 saturated carbocycles. The summed E-state index contributed by atoms with van der Waals surface area (Å²) in [7, 11) is 4.63. The van der Waals surface area contributed by atoms with Crippen molar-refractivity contribution in [1.29, 1.82) is 0 Å². The molecule has 39 heavy (non-hydrogen) atoms. The highest BCUT2D eigenvalue weighted by molar-refractivity contribution is 5.86. The Balaban J connectivity index is 2.26. The van der Waals surface area contributed by atoms with Gasteiger partial charge in [0.25, 0.3) is 0 Å². The summed E-state index contributed by atoms with van der Waals surface area (Å²) in [4.78, 5) is 38.6. The van der Waals surface area contributed by atoms with Crippen LogP contribution >= 0.6 is 0 Å². The molecule has 0 aromatic heterocycles. The Morgan fingerprint density at radius 1 is 1.10 bits per heavy atom. The summed E-state index contributed by atoms with van der Waals surface area (Å²) < 4.78 is 17.0. The first-order chi connectivity index (χ1) is 18.7. The molecule has 0 aliphatic heterocycles.